The number of aliphatic hydroxyl groups is 1. The first-order valence-corrected chi connectivity index (χ1v) is 5.43. The Morgan fingerprint density at radius 3 is 2.41 bits per heavy atom. The van der Waals surface area contributed by atoms with Crippen molar-refractivity contribution in [2.24, 2.45) is 0 Å². The number of aliphatic hydroxyl groups excluding tert-OH is 1. The summed E-state index contributed by atoms with van der Waals surface area (Å²) in [5, 5.41) is 9.90. The number of carbonyl (C=O) groups is 1. The van der Waals surface area contributed by atoms with Gasteiger partial charge >= 0.3 is 0 Å². The van der Waals surface area contributed by atoms with Gasteiger partial charge in [0.1, 0.15) is 0 Å². The lowest BCUT2D eigenvalue weighted by molar-refractivity contribution is 0.0880. The molecule has 1 aromatic carbocycles. The molecular formula is C14H13NO2. The molecular weight excluding hydrogens is 214 g/mol. The first-order valence-electron chi connectivity index (χ1n) is 5.43. The van der Waals surface area contributed by atoms with Crippen LogP contribution in [0.2, 0.25) is 0 Å². The highest BCUT2D eigenvalue weighted by molar-refractivity contribution is 5.96. The standard InChI is InChI=1S/C14H13NO2/c16-13(11-4-2-1-3-5-11)10-14(17)12-6-8-15-9-7-12/h1-9,14,17H,10H2. The van der Waals surface area contributed by atoms with E-state index in [0.717, 1.165) is 0 Å². The molecule has 1 aromatic heterocycles. The van der Waals surface area contributed by atoms with Crippen molar-refractivity contribution in [3.05, 3.63) is 66.0 Å². The molecule has 0 spiro atoms. The summed E-state index contributed by atoms with van der Waals surface area (Å²) >= 11 is 0. The molecule has 0 radical (unpaired) electrons. The van der Waals surface area contributed by atoms with Crippen molar-refractivity contribution < 1.29 is 9.90 Å². The lowest BCUT2D eigenvalue weighted by Gasteiger charge is -2.09. The summed E-state index contributed by atoms with van der Waals surface area (Å²) in [6.45, 7) is 0. The van der Waals surface area contributed by atoms with E-state index >= 15 is 0 Å². The Hall–Kier alpha value is -2.00. The zero-order valence-electron chi connectivity index (χ0n) is 9.28. The van der Waals surface area contributed by atoms with Gasteiger partial charge in [0.05, 0.1) is 6.10 Å². The molecule has 0 saturated carbocycles. The third kappa shape index (κ3) is 2.98. The minimum atomic E-state index is -0.772. The second kappa shape index (κ2) is 5.37. The highest BCUT2D eigenvalue weighted by Gasteiger charge is 2.13. The van der Waals surface area contributed by atoms with E-state index in [1.807, 2.05) is 18.2 Å². The van der Waals surface area contributed by atoms with Gasteiger partial charge in [-0.3, -0.25) is 9.78 Å². The quantitative estimate of drug-likeness (QED) is 0.816. The number of nitrogens with zero attached hydrogens (tertiary/aromatic N) is 1. The molecule has 17 heavy (non-hydrogen) atoms. The van der Waals surface area contributed by atoms with E-state index in [2.05, 4.69) is 4.98 Å². The Kier molecular flexibility index (Phi) is 3.62. The Bertz CT molecular complexity index is 482. The molecule has 86 valence electrons. The van der Waals surface area contributed by atoms with Crippen LogP contribution in [-0.4, -0.2) is 15.9 Å². The summed E-state index contributed by atoms with van der Waals surface area (Å²) in [5.74, 6) is -0.0603. The largest absolute Gasteiger partial charge is 0.388 e. The number of carbonyl (C=O) groups excluding carboxylic acids is 1. The predicted molar refractivity (Wildman–Crippen MR) is 64.6 cm³/mol. The highest BCUT2D eigenvalue weighted by atomic mass is 16.3. The second-order valence-electron chi connectivity index (χ2n) is 3.79. The summed E-state index contributed by atoms with van der Waals surface area (Å²) in [6.07, 6.45) is 2.52. The van der Waals surface area contributed by atoms with E-state index in [0.29, 0.717) is 11.1 Å². The van der Waals surface area contributed by atoms with Gasteiger partial charge in [0, 0.05) is 24.4 Å². The van der Waals surface area contributed by atoms with Crippen molar-refractivity contribution in [2.75, 3.05) is 0 Å². The molecule has 1 atom stereocenters. The summed E-state index contributed by atoms with van der Waals surface area (Å²) < 4.78 is 0. The van der Waals surface area contributed by atoms with Crippen molar-refractivity contribution >= 4 is 5.78 Å². The highest BCUT2D eigenvalue weighted by Crippen LogP contribution is 2.18. The average Bonchev–Trinajstić information content (AvgIpc) is 2.40. The Balaban J connectivity index is 2.05. The Morgan fingerprint density at radius 2 is 1.76 bits per heavy atom. The second-order valence-corrected chi connectivity index (χ2v) is 3.79. The van der Waals surface area contributed by atoms with E-state index < -0.39 is 6.10 Å². The van der Waals surface area contributed by atoms with E-state index in [-0.39, 0.29) is 12.2 Å². The smallest absolute Gasteiger partial charge is 0.165 e. The van der Waals surface area contributed by atoms with Crippen LogP contribution in [0.3, 0.4) is 0 Å². The van der Waals surface area contributed by atoms with Crippen molar-refractivity contribution in [3.8, 4) is 0 Å². The van der Waals surface area contributed by atoms with Gasteiger partial charge in [-0.05, 0) is 17.7 Å². The van der Waals surface area contributed by atoms with Crippen LogP contribution in [0, 0.1) is 0 Å². The van der Waals surface area contributed by atoms with Crippen molar-refractivity contribution in [2.45, 2.75) is 12.5 Å². The van der Waals surface area contributed by atoms with Crippen LogP contribution < -0.4 is 0 Å². The monoisotopic (exact) mass is 227 g/mol. The molecule has 1 heterocycles. The fraction of sp³-hybridized carbons (Fsp3) is 0.143. The van der Waals surface area contributed by atoms with E-state index in [1.54, 1.807) is 36.7 Å². The van der Waals surface area contributed by atoms with Gasteiger partial charge in [-0.25, -0.2) is 0 Å². The average molecular weight is 227 g/mol. The van der Waals surface area contributed by atoms with Gasteiger partial charge in [-0.2, -0.15) is 0 Å². The Labute approximate surface area is 99.8 Å². The number of pyridine rings is 1. The van der Waals surface area contributed by atoms with Gasteiger partial charge in [-0.1, -0.05) is 30.3 Å². The third-order valence-corrected chi connectivity index (χ3v) is 2.57. The van der Waals surface area contributed by atoms with E-state index in [9.17, 15) is 9.90 Å². The molecule has 0 bridgehead atoms. The SMILES string of the molecule is O=C(CC(O)c1ccncc1)c1ccccc1. The first kappa shape index (κ1) is 11.5. The van der Waals surface area contributed by atoms with Crippen LogP contribution in [0.25, 0.3) is 0 Å². The molecule has 0 aliphatic carbocycles. The van der Waals surface area contributed by atoms with E-state index in [1.165, 1.54) is 0 Å². The van der Waals surface area contributed by atoms with Gasteiger partial charge in [0.2, 0.25) is 0 Å². The van der Waals surface area contributed by atoms with Crippen LogP contribution in [0.1, 0.15) is 28.4 Å². The van der Waals surface area contributed by atoms with Gasteiger partial charge < -0.3 is 5.11 Å². The molecule has 3 nitrogen and oxygen atoms in total. The van der Waals surface area contributed by atoms with E-state index in [4.69, 9.17) is 0 Å². The third-order valence-electron chi connectivity index (χ3n) is 2.57. The van der Waals surface area contributed by atoms with Crippen LogP contribution in [-0.2, 0) is 0 Å². The number of benzene rings is 1. The van der Waals surface area contributed by atoms with Gasteiger partial charge in [-0.15, -0.1) is 0 Å². The van der Waals surface area contributed by atoms with Crippen LogP contribution >= 0.6 is 0 Å². The van der Waals surface area contributed by atoms with Crippen LogP contribution in [0.15, 0.2) is 54.9 Å². The van der Waals surface area contributed by atoms with Crippen molar-refractivity contribution in [1.82, 2.24) is 4.98 Å². The molecule has 0 aliphatic rings. The van der Waals surface area contributed by atoms with Crippen LogP contribution in [0.4, 0.5) is 0 Å². The maximum Gasteiger partial charge on any atom is 0.165 e. The molecule has 0 fully saturated rings. The zero-order chi connectivity index (χ0) is 12.1. The summed E-state index contributed by atoms with van der Waals surface area (Å²) in [4.78, 5) is 15.7. The predicted octanol–water partition coefficient (Wildman–Crippen LogP) is 2.39. The number of aromatic nitrogens is 1. The summed E-state index contributed by atoms with van der Waals surface area (Å²) in [7, 11) is 0. The fourth-order valence-corrected chi connectivity index (χ4v) is 1.62. The lowest BCUT2D eigenvalue weighted by Crippen LogP contribution is -2.07. The minimum absolute atomic E-state index is 0.0603. The number of hydrogen-bond acceptors (Lipinski definition) is 3. The molecule has 0 amide bonds. The molecule has 2 aromatic rings. The molecule has 1 N–H and O–H groups in total. The zero-order valence-corrected chi connectivity index (χ0v) is 9.28. The summed E-state index contributed by atoms with van der Waals surface area (Å²) in [5.41, 5.74) is 1.34. The van der Waals surface area contributed by atoms with Gasteiger partial charge in [0.25, 0.3) is 0 Å². The Morgan fingerprint density at radius 1 is 1.12 bits per heavy atom. The molecule has 0 aliphatic heterocycles. The van der Waals surface area contributed by atoms with Crippen molar-refractivity contribution in [3.63, 3.8) is 0 Å². The number of Topliss-reactive ketones (excluding diaryl/α,β-unsaturated/α-hetero) is 1. The maximum absolute atomic E-state index is 11.9. The normalized spacial score (nSPS) is 12.1. The molecule has 2 rings (SSSR count). The van der Waals surface area contributed by atoms with Crippen LogP contribution in [0.5, 0.6) is 0 Å². The maximum atomic E-state index is 11.9. The molecule has 0 saturated heterocycles. The number of hydrogen-bond donors (Lipinski definition) is 1. The topological polar surface area (TPSA) is 50.2 Å². The molecule has 1 unspecified atom stereocenters. The summed E-state index contributed by atoms with van der Waals surface area (Å²) in [6, 6.07) is 12.4. The lowest BCUT2D eigenvalue weighted by atomic mass is 10.0. The number of rotatable bonds is 4. The first-order chi connectivity index (χ1) is 8.27. The minimum Gasteiger partial charge on any atom is -0.388 e. The fourth-order valence-electron chi connectivity index (χ4n) is 1.62. The van der Waals surface area contributed by atoms with Gasteiger partial charge in [0.15, 0.2) is 5.78 Å². The van der Waals surface area contributed by atoms with Crippen molar-refractivity contribution in [1.29, 1.82) is 0 Å². The molecule has 3 heteroatoms. The number of ketones is 1.